The van der Waals surface area contributed by atoms with Crippen LogP contribution in [0.3, 0.4) is 0 Å². The van der Waals surface area contributed by atoms with E-state index in [0.717, 1.165) is 16.4 Å². The van der Waals surface area contributed by atoms with Gasteiger partial charge in [0.15, 0.2) is 0 Å². The van der Waals surface area contributed by atoms with Crippen LogP contribution in [0.15, 0.2) is 18.2 Å². The van der Waals surface area contributed by atoms with E-state index in [-0.39, 0.29) is 16.7 Å². The number of hydrogen-bond acceptors (Lipinski definition) is 4. The van der Waals surface area contributed by atoms with E-state index in [1.807, 2.05) is 18.0 Å². The molecule has 1 saturated carbocycles. The van der Waals surface area contributed by atoms with Crippen molar-refractivity contribution in [3.8, 4) is 0 Å². The fourth-order valence-electron chi connectivity index (χ4n) is 2.45. The van der Waals surface area contributed by atoms with Gasteiger partial charge in [-0.25, -0.2) is 0 Å². The summed E-state index contributed by atoms with van der Waals surface area (Å²) in [6, 6.07) is 5.45. The van der Waals surface area contributed by atoms with E-state index in [2.05, 4.69) is 22.6 Å². The van der Waals surface area contributed by atoms with E-state index in [1.165, 1.54) is 0 Å². The average molecular weight is 374 g/mol. The normalized spacial score (nSPS) is 16.4. The van der Waals surface area contributed by atoms with Gasteiger partial charge >= 0.3 is 0 Å². The summed E-state index contributed by atoms with van der Waals surface area (Å²) in [5.41, 5.74) is 0.760. The minimum atomic E-state index is -0.345. The lowest BCUT2D eigenvalue weighted by molar-refractivity contribution is -0.384. The van der Waals surface area contributed by atoms with Crippen LogP contribution in [0.1, 0.15) is 25.7 Å². The molecule has 1 fully saturated rings. The summed E-state index contributed by atoms with van der Waals surface area (Å²) in [7, 11) is 1.87. The van der Waals surface area contributed by atoms with Crippen molar-refractivity contribution in [2.24, 2.45) is 0 Å². The van der Waals surface area contributed by atoms with Crippen LogP contribution < -0.4 is 4.90 Å². The molecule has 0 aliphatic heterocycles. The lowest BCUT2D eigenvalue weighted by Gasteiger charge is -2.32. The van der Waals surface area contributed by atoms with E-state index in [4.69, 9.17) is 0 Å². The maximum absolute atomic E-state index is 11.3. The Bertz CT molecular complexity index is 509. The second-order valence-corrected chi connectivity index (χ2v) is 6.02. The first-order valence-electron chi connectivity index (χ1n) is 6.17. The second-order valence-electron chi connectivity index (χ2n) is 4.77. The van der Waals surface area contributed by atoms with Gasteiger partial charge in [-0.1, -0.05) is 0 Å². The van der Waals surface area contributed by atoms with Gasteiger partial charge in [-0.15, -0.1) is 0 Å². The number of carbonyl (C=O) groups excluding carboxylic acids is 1. The molecule has 0 bridgehead atoms. The average Bonchev–Trinajstić information content (AvgIpc) is 2.38. The Labute approximate surface area is 125 Å². The van der Waals surface area contributed by atoms with E-state index < -0.39 is 0 Å². The molecule has 1 aliphatic rings. The number of Topliss-reactive ketones (excluding diaryl/α,β-unsaturated/α-hetero) is 1. The minimum Gasteiger partial charge on any atom is -0.366 e. The molecule has 19 heavy (non-hydrogen) atoms. The number of rotatable bonds is 3. The van der Waals surface area contributed by atoms with Gasteiger partial charge in [0.1, 0.15) is 11.5 Å². The zero-order chi connectivity index (χ0) is 14.0. The van der Waals surface area contributed by atoms with Crippen molar-refractivity contribution in [3.05, 3.63) is 31.9 Å². The standard InChI is InChI=1S/C13H15IN2O3/c1-15(10-3-5-11(17)6-4-10)12-7-2-9(14)8-13(12)16(18)19/h2,7-8,10H,3-6H2,1H3. The third kappa shape index (κ3) is 3.23. The van der Waals surface area contributed by atoms with Crippen molar-refractivity contribution in [1.82, 2.24) is 0 Å². The molecule has 0 heterocycles. The molecule has 2 rings (SSSR count). The summed E-state index contributed by atoms with van der Waals surface area (Å²) in [6.07, 6.45) is 2.71. The Morgan fingerprint density at radius 2 is 2.00 bits per heavy atom. The molecule has 5 nitrogen and oxygen atoms in total. The highest BCUT2D eigenvalue weighted by molar-refractivity contribution is 14.1. The molecule has 0 spiro atoms. The number of halogens is 1. The minimum absolute atomic E-state index is 0.131. The van der Waals surface area contributed by atoms with Gasteiger partial charge in [0, 0.05) is 35.6 Å². The van der Waals surface area contributed by atoms with Crippen LogP contribution in [0, 0.1) is 13.7 Å². The van der Waals surface area contributed by atoms with E-state index >= 15 is 0 Å². The molecular formula is C13H15IN2O3. The van der Waals surface area contributed by atoms with E-state index in [0.29, 0.717) is 24.3 Å². The zero-order valence-corrected chi connectivity index (χ0v) is 12.8. The molecule has 1 aromatic rings. The Hall–Kier alpha value is -1.18. The third-order valence-corrected chi connectivity index (χ3v) is 4.25. The third-order valence-electron chi connectivity index (χ3n) is 3.57. The molecule has 1 aromatic carbocycles. The highest BCUT2D eigenvalue weighted by Crippen LogP contribution is 2.33. The van der Waals surface area contributed by atoms with Crippen molar-refractivity contribution in [1.29, 1.82) is 0 Å². The maximum atomic E-state index is 11.3. The number of hydrogen-bond donors (Lipinski definition) is 0. The van der Waals surface area contributed by atoms with Gasteiger partial charge in [-0.3, -0.25) is 14.9 Å². The highest BCUT2D eigenvalue weighted by Gasteiger charge is 2.26. The van der Waals surface area contributed by atoms with Crippen LogP contribution >= 0.6 is 22.6 Å². The van der Waals surface area contributed by atoms with Gasteiger partial charge in [0.05, 0.1) is 4.92 Å². The van der Waals surface area contributed by atoms with Crippen molar-refractivity contribution in [2.75, 3.05) is 11.9 Å². The maximum Gasteiger partial charge on any atom is 0.293 e. The van der Waals surface area contributed by atoms with Crippen LogP contribution in [0.25, 0.3) is 0 Å². The molecule has 1 aliphatic carbocycles. The van der Waals surface area contributed by atoms with Crippen LogP contribution in [0.2, 0.25) is 0 Å². The summed E-state index contributed by atoms with van der Waals surface area (Å²) in [5.74, 6) is 0.293. The van der Waals surface area contributed by atoms with E-state index in [1.54, 1.807) is 12.1 Å². The predicted octanol–water partition coefficient (Wildman–Crippen LogP) is 3.15. The lowest BCUT2D eigenvalue weighted by Crippen LogP contribution is -2.35. The Morgan fingerprint density at radius 3 is 2.58 bits per heavy atom. The SMILES string of the molecule is CN(c1ccc(I)cc1[N+](=O)[O-])C1CCC(=O)CC1. The topological polar surface area (TPSA) is 63.4 Å². The van der Waals surface area contributed by atoms with Crippen molar-refractivity contribution >= 4 is 39.7 Å². The Balaban J connectivity index is 2.25. The van der Waals surface area contributed by atoms with Gasteiger partial charge in [-0.05, 0) is 47.6 Å². The monoisotopic (exact) mass is 374 g/mol. The van der Waals surface area contributed by atoms with Gasteiger partial charge in [0.2, 0.25) is 0 Å². The number of ketones is 1. The quantitative estimate of drug-likeness (QED) is 0.463. The van der Waals surface area contributed by atoms with Crippen molar-refractivity contribution in [3.63, 3.8) is 0 Å². The first-order chi connectivity index (χ1) is 8.99. The van der Waals surface area contributed by atoms with Crippen LogP contribution in [-0.2, 0) is 4.79 Å². The molecule has 0 atom stereocenters. The molecule has 6 heteroatoms. The van der Waals surface area contributed by atoms with Crippen molar-refractivity contribution < 1.29 is 9.72 Å². The molecule has 0 radical (unpaired) electrons. The number of nitro benzene ring substituents is 1. The smallest absolute Gasteiger partial charge is 0.293 e. The number of carbonyl (C=O) groups is 1. The zero-order valence-electron chi connectivity index (χ0n) is 10.6. The second kappa shape index (κ2) is 5.85. The molecule has 0 amide bonds. The van der Waals surface area contributed by atoms with Crippen molar-refractivity contribution in [2.45, 2.75) is 31.7 Å². The van der Waals surface area contributed by atoms with Crippen LogP contribution in [0.4, 0.5) is 11.4 Å². The molecule has 0 unspecified atom stereocenters. The summed E-state index contributed by atoms with van der Waals surface area (Å²) < 4.78 is 0.847. The van der Waals surface area contributed by atoms with Gasteiger partial charge < -0.3 is 4.90 Å². The highest BCUT2D eigenvalue weighted by atomic mass is 127. The predicted molar refractivity (Wildman–Crippen MR) is 81.5 cm³/mol. The molecule has 0 aromatic heterocycles. The summed E-state index contributed by atoms with van der Waals surface area (Å²) in [5, 5.41) is 11.1. The summed E-state index contributed by atoms with van der Waals surface area (Å²) in [6.45, 7) is 0. The lowest BCUT2D eigenvalue weighted by atomic mass is 9.93. The summed E-state index contributed by atoms with van der Waals surface area (Å²) in [4.78, 5) is 24.0. The number of anilines is 1. The Morgan fingerprint density at radius 1 is 1.37 bits per heavy atom. The number of nitro groups is 1. The fourth-order valence-corrected chi connectivity index (χ4v) is 2.92. The number of nitrogens with zero attached hydrogens (tertiary/aromatic N) is 2. The molecule has 0 saturated heterocycles. The largest absolute Gasteiger partial charge is 0.366 e. The summed E-state index contributed by atoms with van der Waals surface area (Å²) >= 11 is 2.07. The molecular weight excluding hydrogens is 359 g/mol. The fraction of sp³-hybridized carbons (Fsp3) is 0.462. The van der Waals surface area contributed by atoms with Gasteiger partial charge in [-0.2, -0.15) is 0 Å². The molecule has 102 valence electrons. The van der Waals surface area contributed by atoms with E-state index in [9.17, 15) is 14.9 Å². The van der Waals surface area contributed by atoms with Gasteiger partial charge in [0.25, 0.3) is 5.69 Å². The van der Waals surface area contributed by atoms with Crippen LogP contribution in [0.5, 0.6) is 0 Å². The molecule has 0 N–H and O–H groups in total. The first-order valence-corrected chi connectivity index (χ1v) is 7.25. The Kier molecular flexibility index (Phi) is 4.38. The van der Waals surface area contributed by atoms with Crippen LogP contribution in [-0.4, -0.2) is 23.8 Å². The number of benzene rings is 1. The first kappa shape index (κ1) is 14.2.